The molecule has 0 aliphatic carbocycles. The fourth-order valence-electron chi connectivity index (χ4n) is 1.82. The van der Waals surface area contributed by atoms with Gasteiger partial charge in [0.25, 0.3) is 0 Å². The van der Waals surface area contributed by atoms with Crippen LogP contribution in [0.4, 0.5) is 0 Å². The van der Waals surface area contributed by atoms with Crippen LogP contribution in [0.3, 0.4) is 0 Å². The predicted octanol–water partition coefficient (Wildman–Crippen LogP) is 2.72. The molecule has 1 rings (SSSR count). The van der Waals surface area contributed by atoms with E-state index in [0.717, 1.165) is 18.4 Å². The zero-order chi connectivity index (χ0) is 13.4. The van der Waals surface area contributed by atoms with Gasteiger partial charge in [-0.1, -0.05) is 43.2 Å². The standard InChI is InChI=1S/C14H24N2OS/c1-3-4-9-16-18(17,10-8-15)12-14-7-5-6-13(2)11-14/h5-7,11H,3-4,8-10,12,15H2,1-2H3. The first-order chi connectivity index (χ1) is 8.59. The molecule has 0 radical (unpaired) electrons. The Morgan fingerprint density at radius 3 is 2.78 bits per heavy atom. The van der Waals surface area contributed by atoms with Crippen LogP contribution in [0.2, 0.25) is 0 Å². The van der Waals surface area contributed by atoms with Crippen LogP contribution in [0, 0.1) is 6.92 Å². The van der Waals surface area contributed by atoms with Crippen LogP contribution in [0.25, 0.3) is 0 Å². The molecule has 0 spiro atoms. The van der Waals surface area contributed by atoms with Crippen LogP contribution in [-0.4, -0.2) is 23.1 Å². The fourth-order valence-corrected chi connectivity index (χ4v) is 3.71. The number of aryl methyl sites for hydroxylation is 1. The predicted molar refractivity (Wildman–Crippen MR) is 79.1 cm³/mol. The zero-order valence-electron chi connectivity index (χ0n) is 11.4. The van der Waals surface area contributed by atoms with E-state index in [1.165, 1.54) is 5.56 Å². The molecule has 0 aromatic heterocycles. The molecule has 102 valence electrons. The molecule has 0 bridgehead atoms. The van der Waals surface area contributed by atoms with Crippen molar-refractivity contribution in [1.82, 2.24) is 0 Å². The lowest BCUT2D eigenvalue weighted by Crippen LogP contribution is -2.17. The Bertz CT molecular complexity index is 476. The lowest BCUT2D eigenvalue weighted by Gasteiger charge is -2.10. The largest absolute Gasteiger partial charge is 0.330 e. The molecule has 4 heteroatoms. The number of nitrogens with two attached hydrogens (primary N) is 1. The highest BCUT2D eigenvalue weighted by Gasteiger charge is 2.09. The van der Waals surface area contributed by atoms with Crippen molar-refractivity contribution in [3.63, 3.8) is 0 Å². The molecule has 3 nitrogen and oxygen atoms in total. The van der Waals surface area contributed by atoms with E-state index in [-0.39, 0.29) is 0 Å². The van der Waals surface area contributed by atoms with Gasteiger partial charge in [-0.3, -0.25) is 0 Å². The minimum Gasteiger partial charge on any atom is -0.330 e. The van der Waals surface area contributed by atoms with Gasteiger partial charge in [0.15, 0.2) is 0 Å². The second kappa shape index (κ2) is 7.54. The Morgan fingerprint density at radius 2 is 2.17 bits per heavy atom. The van der Waals surface area contributed by atoms with E-state index in [9.17, 15) is 4.21 Å². The Hall–Kier alpha value is -0.870. The summed E-state index contributed by atoms with van der Waals surface area (Å²) in [5.74, 6) is 1.01. The van der Waals surface area contributed by atoms with E-state index in [1.54, 1.807) is 0 Å². The number of benzene rings is 1. The average Bonchev–Trinajstić information content (AvgIpc) is 2.29. The topological polar surface area (TPSA) is 55.5 Å². The smallest absolute Gasteiger partial charge is 0.0568 e. The Labute approximate surface area is 111 Å². The van der Waals surface area contributed by atoms with Crippen molar-refractivity contribution >= 4 is 9.73 Å². The molecule has 0 saturated heterocycles. The summed E-state index contributed by atoms with van der Waals surface area (Å²) in [7, 11) is -2.18. The Kier molecular flexibility index (Phi) is 6.36. The highest BCUT2D eigenvalue weighted by molar-refractivity contribution is 7.92. The number of unbranched alkanes of at least 4 members (excludes halogenated alkanes) is 1. The van der Waals surface area contributed by atoms with Crippen LogP contribution in [0.1, 0.15) is 30.9 Å². The van der Waals surface area contributed by atoms with E-state index >= 15 is 0 Å². The quantitative estimate of drug-likeness (QED) is 0.773. The van der Waals surface area contributed by atoms with Gasteiger partial charge in [-0.05, 0) is 18.9 Å². The molecule has 1 unspecified atom stereocenters. The summed E-state index contributed by atoms with van der Waals surface area (Å²) in [4.78, 5) is 0. The fraction of sp³-hybridized carbons (Fsp3) is 0.571. The summed E-state index contributed by atoms with van der Waals surface area (Å²) in [5.41, 5.74) is 7.84. The summed E-state index contributed by atoms with van der Waals surface area (Å²) in [6.45, 7) is 5.27. The summed E-state index contributed by atoms with van der Waals surface area (Å²) < 4.78 is 17.1. The van der Waals surface area contributed by atoms with Crippen molar-refractivity contribution < 1.29 is 4.21 Å². The molecule has 2 N–H and O–H groups in total. The Balaban J connectivity index is 2.85. The average molecular weight is 268 g/mol. The molecule has 0 heterocycles. The molecular formula is C14H24N2OS. The minimum absolute atomic E-state index is 0.431. The normalized spacial score (nSPS) is 14.2. The SMILES string of the molecule is CCCCN=S(=O)(CCN)Cc1cccc(C)c1. The van der Waals surface area contributed by atoms with E-state index in [2.05, 4.69) is 17.4 Å². The van der Waals surface area contributed by atoms with Crippen molar-refractivity contribution in [2.24, 2.45) is 10.1 Å². The molecule has 0 aliphatic heterocycles. The molecular weight excluding hydrogens is 244 g/mol. The first-order valence-electron chi connectivity index (χ1n) is 6.53. The first-order valence-corrected chi connectivity index (χ1v) is 8.39. The van der Waals surface area contributed by atoms with Crippen LogP contribution < -0.4 is 5.73 Å². The minimum atomic E-state index is -2.18. The Morgan fingerprint density at radius 1 is 1.39 bits per heavy atom. The van der Waals surface area contributed by atoms with Gasteiger partial charge in [0.05, 0.1) is 15.5 Å². The lowest BCUT2D eigenvalue weighted by atomic mass is 10.2. The number of hydrogen-bond donors (Lipinski definition) is 1. The highest BCUT2D eigenvalue weighted by atomic mass is 32.2. The maximum Gasteiger partial charge on any atom is 0.0568 e. The molecule has 0 saturated carbocycles. The van der Waals surface area contributed by atoms with Gasteiger partial charge < -0.3 is 5.73 Å². The van der Waals surface area contributed by atoms with Gasteiger partial charge >= 0.3 is 0 Å². The second-order valence-corrected chi connectivity index (χ2v) is 7.11. The van der Waals surface area contributed by atoms with Gasteiger partial charge in [-0.15, -0.1) is 0 Å². The highest BCUT2D eigenvalue weighted by Crippen LogP contribution is 2.11. The van der Waals surface area contributed by atoms with Gasteiger partial charge in [0.2, 0.25) is 0 Å². The van der Waals surface area contributed by atoms with Crippen molar-refractivity contribution in [3.8, 4) is 0 Å². The third-order valence-electron chi connectivity index (χ3n) is 2.75. The summed E-state index contributed by atoms with van der Waals surface area (Å²) in [6, 6.07) is 8.13. The molecule has 0 amide bonds. The molecule has 1 aromatic rings. The van der Waals surface area contributed by atoms with Gasteiger partial charge in [-0.2, -0.15) is 0 Å². The maximum absolute atomic E-state index is 12.7. The van der Waals surface area contributed by atoms with Crippen molar-refractivity contribution in [3.05, 3.63) is 35.4 Å². The van der Waals surface area contributed by atoms with Crippen LogP contribution in [-0.2, 0) is 15.5 Å². The summed E-state index contributed by atoms with van der Waals surface area (Å²) in [5, 5.41) is 0. The maximum atomic E-state index is 12.7. The van der Waals surface area contributed by atoms with E-state index in [4.69, 9.17) is 5.73 Å². The lowest BCUT2D eigenvalue weighted by molar-refractivity contribution is 0.671. The van der Waals surface area contributed by atoms with E-state index in [1.807, 2.05) is 25.1 Å². The first kappa shape index (κ1) is 15.2. The summed E-state index contributed by atoms with van der Waals surface area (Å²) in [6.07, 6.45) is 2.07. The molecule has 18 heavy (non-hydrogen) atoms. The summed E-state index contributed by atoms with van der Waals surface area (Å²) >= 11 is 0. The molecule has 1 aromatic carbocycles. The van der Waals surface area contributed by atoms with Crippen LogP contribution in [0.5, 0.6) is 0 Å². The van der Waals surface area contributed by atoms with E-state index in [0.29, 0.717) is 24.6 Å². The van der Waals surface area contributed by atoms with Crippen molar-refractivity contribution in [2.75, 3.05) is 18.8 Å². The number of nitrogens with zero attached hydrogens (tertiary/aromatic N) is 1. The third-order valence-corrected chi connectivity index (χ3v) is 5.06. The number of hydrogen-bond acceptors (Lipinski definition) is 3. The van der Waals surface area contributed by atoms with Crippen LogP contribution in [0.15, 0.2) is 28.6 Å². The monoisotopic (exact) mass is 268 g/mol. The van der Waals surface area contributed by atoms with Crippen molar-refractivity contribution in [2.45, 2.75) is 32.4 Å². The second-order valence-electron chi connectivity index (χ2n) is 4.61. The van der Waals surface area contributed by atoms with Gasteiger partial charge in [0, 0.05) is 18.8 Å². The van der Waals surface area contributed by atoms with Crippen LogP contribution >= 0.6 is 0 Å². The van der Waals surface area contributed by atoms with Crippen molar-refractivity contribution in [1.29, 1.82) is 0 Å². The zero-order valence-corrected chi connectivity index (χ0v) is 12.2. The third kappa shape index (κ3) is 5.19. The van der Waals surface area contributed by atoms with E-state index < -0.39 is 9.73 Å². The molecule has 0 aliphatic rings. The van der Waals surface area contributed by atoms with Gasteiger partial charge in [-0.25, -0.2) is 8.57 Å². The number of rotatable bonds is 7. The molecule has 1 atom stereocenters. The molecule has 0 fully saturated rings. The van der Waals surface area contributed by atoms with Gasteiger partial charge in [0.1, 0.15) is 0 Å².